The molecule has 3 rings (SSSR count). The Morgan fingerprint density at radius 3 is 2.28 bits per heavy atom. The summed E-state index contributed by atoms with van der Waals surface area (Å²) < 4.78 is 0. The Hall–Kier alpha value is -2.70. The number of amides is 2. The third-order valence-electron chi connectivity index (χ3n) is 5.52. The maximum absolute atomic E-state index is 13.0. The zero-order chi connectivity index (χ0) is 20.9. The maximum Gasteiger partial charge on any atom is 0.247 e. The number of aryl methyl sites for hydroxylation is 1. The predicted octanol–water partition coefficient (Wildman–Crippen LogP) is 2.21. The van der Waals surface area contributed by atoms with Gasteiger partial charge in [0.15, 0.2) is 0 Å². The highest BCUT2D eigenvalue weighted by molar-refractivity contribution is 5.93. The Balaban J connectivity index is 1.52. The lowest BCUT2D eigenvalue weighted by atomic mass is 9.91. The van der Waals surface area contributed by atoms with Crippen molar-refractivity contribution in [2.24, 2.45) is 5.73 Å². The van der Waals surface area contributed by atoms with Crippen molar-refractivity contribution in [2.75, 3.05) is 38.0 Å². The van der Waals surface area contributed by atoms with Gasteiger partial charge in [0.05, 0.1) is 6.54 Å². The minimum atomic E-state index is -1.05. The summed E-state index contributed by atoms with van der Waals surface area (Å²) in [6.07, 6.45) is 0.872. The van der Waals surface area contributed by atoms with Crippen LogP contribution in [0.25, 0.3) is 0 Å². The first-order chi connectivity index (χ1) is 13.9. The average molecular weight is 395 g/mol. The number of anilines is 1. The van der Waals surface area contributed by atoms with Gasteiger partial charge in [0.2, 0.25) is 11.8 Å². The van der Waals surface area contributed by atoms with Crippen molar-refractivity contribution in [3.63, 3.8) is 0 Å². The van der Waals surface area contributed by atoms with Gasteiger partial charge in [-0.15, -0.1) is 0 Å². The molecule has 6 heteroatoms. The second-order valence-corrected chi connectivity index (χ2v) is 7.70. The number of benzene rings is 2. The van der Waals surface area contributed by atoms with Gasteiger partial charge in [-0.25, -0.2) is 0 Å². The Kier molecular flexibility index (Phi) is 6.67. The third kappa shape index (κ3) is 5.02. The highest BCUT2D eigenvalue weighted by Crippen LogP contribution is 2.21. The Bertz CT molecular complexity index is 843. The first-order valence-electron chi connectivity index (χ1n) is 10.2. The smallest absolute Gasteiger partial charge is 0.247 e. The Labute approximate surface area is 172 Å². The van der Waals surface area contributed by atoms with E-state index in [2.05, 4.69) is 17.1 Å². The summed E-state index contributed by atoms with van der Waals surface area (Å²) in [5.41, 5.74) is 8.12. The second kappa shape index (κ2) is 9.20. The highest BCUT2D eigenvalue weighted by Gasteiger charge is 2.35. The van der Waals surface area contributed by atoms with Gasteiger partial charge in [0.25, 0.3) is 0 Å². The van der Waals surface area contributed by atoms with E-state index in [0.29, 0.717) is 32.7 Å². The molecule has 2 aromatic carbocycles. The van der Waals surface area contributed by atoms with Crippen LogP contribution >= 0.6 is 0 Å². The fourth-order valence-corrected chi connectivity index (χ4v) is 3.69. The molecule has 1 saturated heterocycles. The van der Waals surface area contributed by atoms with E-state index < -0.39 is 5.54 Å². The molecular formula is C23H30N4O2. The summed E-state index contributed by atoms with van der Waals surface area (Å²) in [5.74, 6) is -0.108. The quantitative estimate of drug-likeness (QED) is 0.787. The highest BCUT2D eigenvalue weighted by atomic mass is 16.2. The van der Waals surface area contributed by atoms with Crippen molar-refractivity contribution in [3.05, 3.63) is 65.7 Å². The van der Waals surface area contributed by atoms with Crippen LogP contribution < -0.4 is 11.1 Å². The lowest BCUT2D eigenvalue weighted by Gasteiger charge is -2.38. The molecule has 6 nitrogen and oxygen atoms in total. The zero-order valence-electron chi connectivity index (χ0n) is 17.2. The van der Waals surface area contributed by atoms with Crippen LogP contribution in [0.2, 0.25) is 0 Å². The standard InChI is InChI=1S/C23H30N4O2/c1-3-18-9-7-8-12-20(18)25-21(28)17-26-13-15-27(16-14-26)22(29)23(2,24)19-10-5-4-6-11-19/h4-12H,3,13-17,24H2,1-2H3,(H,25,28). The molecule has 1 unspecified atom stereocenters. The van der Waals surface area contributed by atoms with Crippen LogP contribution in [0.1, 0.15) is 25.0 Å². The molecule has 0 aromatic heterocycles. The molecule has 1 aliphatic rings. The fourth-order valence-electron chi connectivity index (χ4n) is 3.69. The van der Waals surface area contributed by atoms with Gasteiger partial charge < -0.3 is 16.0 Å². The van der Waals surface area contributed by atoms with Crippen molar-refractivity contribution in [3.8, 4) is 0 Å². The molecule has 1 fully saturated rings. The van der Waals surface area contributed by atoms with Gasteiger partial charge in [0, 0.05) is 31.9 Å². The largest absolute Gasteiger partial charge is 0.338 e. The van der Waals surface area contributed by atoms with E-state index in [9.17, 15) is 9.59 Å². The van der Waals surface area contributed by atoms with E-state index in [4.69, 9.17) is 5.73 Å². The topological polar surface area (TPSA) is 78.7 Å². The lowest BCUT2D eigenvalue weighted by Crippen LogP contribution is -2.57. The molecule has 1 aliphatic heterocycles. The molecule has 0 spiro atoms. The normalized spacial score (nSPS) is 16.9. The molecule has 0 radical (unpaired) electrons. The van der Waals surface area contributed by atoms with Crippen molar-refractivity contribution >= 4 is 17.5 Å². The monoisotopic (exact) mass is 394 g/mol. The van der Waals surface area contributed by atoms with Crippen molar-refractivity contribution in [1.82, 2.24) is 9.80 Å². The molecule has 0 saturated carbocycles. The zero-order valence-corrected chi connectivity index (χ0v) is 17.2. The van der Waals surface area contributed by atoms with Crippen molar-refractivity contribution in [1.29, 1.82) is 0 Å². The number of nitrogens with two attached hydrogens (primary N) is 1. The van der Waals surface area contributed by atoms with Gasteiger partial charge in [-0.1, -0.05) is 55.5 Å². The fraction of sp³-hybridized carbons (Fsp3) is 0.391. The number of hydrogen-bond acceptors (Lipinski definition) is 4. The predicted molar refractivity (Wildman–Crippen MR) is 115 cm³/mol. The molecule has 2 amide bonds. The van der Waals surface area contributed by atoms with Crippen LogP contribution in [0, 0.1) is 0 Å². The summed E-state index contributed by atoms with van der Waals surface area (Å²) >= 11 is 0. The van der Waals surface area contributed by atoms with Crippen LogP contribution in [0.5, 0.6) is 0 Å². The van der Waals surface area contributed by atoms with E-state index >= 15 is 0 Å². The van der Waals surface area contributed by atoms with Crippen LogP contribution in [0.3, 0.4) is 0 Å². The third-order valence-corrected chi connectivity index (χ3v) is 5.52. The van der Waals surface area contributed by atoms with E-state index in [1.165, 1.54) is 0 Å². The Morgan fingerprint density at radius 1 is 1.00 bits per heavy atom. The van der Waals surface area contributed by atoms with Crippen LogP contribution in [0.15, 0.2) is 54.6 Å². The Morgan fingerprint density at radius 2 is 1.62 bits per heavy atom. The minimum Gasteiger partial charge on any atom is -0.338 e. The van der Waals surface area contributed by atoms with Crippen LogP contribution in [0.4, 0.5) is 5.69 Å². The number of rotatable bonds is 6. The van der Waals surface area contributed by atoms with Gasteiger partial charge in [-0.05, 0) is 30.5 Å². The van der Waals surface area contributed by atoms with Crippen molar-refractivity contribution in [2.45, 2.75) is 25.8 Å². The van der Waals surface area contributed by atoms with Gasteiger partial charge in [0.1, 0.15) is 5.54 Å². The summed E-state index contributed by atoms with van der Waals surface area (Å²) in [7, 11) is 0. The molecule has 29 heavy (non-hydrogen) atoms. The maximum atomic E-state index is 13.0. The molecule has 2 aromatic rings. The first-order valence-corrected chi connectivity index (χ1v) is 10.2. The van der Waals surface area contributed by atoms with Gasteiger partial charge >= 0.3 is 0 Å². The molecule has 3 N–H and O–H groups in total. The molecule has 154 valence electrons. The van der Waals surface area contributed by atoms with Crippen LogP contribution in [-0.2, 0) is 21.5 Å². The molecular weight excluding hydrogens is 364 g/mol. The van der Waals surface area contributed by atoms with Crippen LogP contribution in [-0.4, -0.2) is 54.3 Å². The second-order valence-electron chi connectivity index (χ2n) is 7.70. The summed E-state index contributed by atoms with van der Waals surface area (Å²) in [6.45, 7) is 6.59. The molecule has 1 atom stereocenters. The number of hydrogen-bond donors (Lipinski definition) is 2. The number of nitrogens with one attached hydrogen (secondary N) is 1. The van der Waals surface area contributed by atoms with E-state index in [1.54, 1.807) is 11.8 Å². The van der Waals surface area contributed by atoms with Crippen molar-refractivity contribution < 1.29 is 9.59 Å². The van der Waals surface area contributed by atoms with E-state index in [-0.39, 0.29) is 11.8 Å². The van der Waals surface area contributed by atoms with E-state index in [0.717, 1.165) is 23.2 Å². The van der Waals surface area contributed by atoms with Gasteiger partial charge in [-0.3, -0.25) is 14.5 Å². The van der Waals surface area contributed by atoms with E-state index in [1.807, 2.05) is 54.6 Å². The lowest BCUT2D eigenvalue weighted by molar-refractivity contribution is -0.138. The first kappa shape index (κ1) is 21.0. The van der Waals surface area contributed by atoms with Gasteiger partial charge in [-0.2, -0.15) is 0 Å². The summed E-state index contributed by atoms with van der Waals surface area (Å²) in [5, 5.41) is 3.01. The number of nitrogens with zero attached hydrogens (tertiary/aromatic N) is 2. The summed E-state index contributed by atoms with van der Waals surface area (Å²) in [4.78, 5) is 29.3. The minimum absolute atomic E-state index is 0.0291. The summed E-state index contributed by atoms with van der Waals surface area (Å²) in [6, 6.07) is 17.3. The SMILES string of the molecule is CCc1ccccc1NC(=O)CN1CCN(C(=O)C(C)(N)c2ccccc2)CC1. The molecule has 1 heterocycles. The number of piperazine rings is 1. The number of carbonyl (C=O) groups excluding carboxylic acids is 2. The number of carbonyl (C=O) groups is 2. The molecule has 0 aliphatic carbocycles. The molecule has 0 bridgehead atoms. The average Bonchev–Trinajstić information content (AvgIpc) is 2.74. The number of para-hydroxylation sites is 1.